The molecule has 0 bridgehead atoms. The Hall–Kier alpha value is -2.16. The molecule has 5 nitrogen and oxygen atoms in total. The standard InChI is InChI=1S/C22H20Br2N2O3S/c1-13-9-11-17(12-10-13)30(28,29)26-22(16-7-5-4-6-8-16)25-20-18(23)14(2)21(27)15(3)19(20)24/h4-12,27H,1-3H3,(H,25,26). The van der Waals surface area contributed by atoms with Gasteiger partial charge < -0.3 is 10.4 Å². The van der Waals surface area contributed by atoms with Gasteiger partial charge in [0.25, 0.3) is 10.0 Å². The first-order valence-electron chi connectivity index (χ1n) is 9.03. The normalized spacial score (nSPS) is 12.1. The summed E-state index contributed by atoms with van der Waals surface area (Å²) in [6.45, 7) is 5.43. The highest BCUT2D eigenvalue weighted by molar-refractivity contribution is 9.11. The van der Waals surface area contributed by atoms with Gasteiger partial charge in [-0.15, -0.1) is 4.40 Å². The second-order valence-electron chi connectivity index (χ2n) is 6.82. The Labute approximate surface area is 193 Å². The molecular formula is C22H20Br2N2O3S. The third-order valence-electron chi connectivity index (χ3n) is 4.63. The van der Waals surface area contributed by atoms with Crippen LogP contribution in [0.1, 0.15) is 22.3 Å². The van der Waals surface area contributed by atoms with Crippen LogP contribution in [-0.4, -0.2) is 19.4 Å². The number of nitrogens with one attached hydrogen (secondary N) is 1. The van der Waals surface area contributed by atoms with Crippen LogP contribution in [0.25, 0.3) is 0 Å². The molecule has 0 heterocycles. The number of rotatable bonds is 4. The van der Waals surface area contributed by atoms with Crippen LogP contribution in [0, 0.1) is 20.8 Å². The van der Waals surface area contributed by atoms with Crippen LogP contribution >= 0.6 is 31.9 Å². The summed E-state index contributed by atoms with van der Waals surface area (Å²) in [5.74, 6) is 0.326. The quantitative estimate of drug-likeness (QED) is 0.233. The van der Waals surface area contributed by atoms with Crippen molar-refractivity contribution in [2.24, 2.45) is 4.40 Å². The summed E-state index contributed by atoms with van der Waals surface area (Å²) in [7, 11) is -3.95. The van der Waals surface area contributed by atoms with Gasteiger partial charge in [0.05, 0.1) is 10.6 Å². The molecule has 3 rings (SSSR count). The summed E-state index contributed by atoms with van der Waals surface area (Å²) in [6.07, 6.45) is 0. The number of amidine groups is 1. The van der Waals surface area contributed by atoms with E-state index in [0.29, 0.717) is 31.3 Å². The molecule has 3 aromatic rings. The topological polar surface area (TPSA) is 78.8 Å². The van der Waals surface area contributed by atoms with E-state index in [1.165, 1.54) is 12.1 Å². The Morgan fingerprint density at radius 3 is 1.97 bits per heavy atom. The molecule has 0 radical (unpaired) electrons. The van der Waals surface area contributed by atoms with Crippen molar-refractivity contribution in [3.63, 3.8) is 0 Å². The smallest absolute Gasteiger partial charge is 0.284 e. The average molecular weight is 552 g/mol. The maximum absolute atomic E-state index is 13.0. The lowest BCUT2D eigenvalue weighted by atomic mass is 10.1. The van der Waals surface area contributed by atoms with Crippen molar-refractivity contribution >= 4 is 53.4 Å². The fourth-order valence-corrected chi connectivity index (χ4v) is 5.03. The van der Waals surface area contributed by atoms with Crippen molar-refractivity contribution in [3.05, 3.63) is 85.8 Å². The average Bonchev–Trinajstić information content (AvgIpc) is 2.74. The van der Waals surface area contributed by atoms with Crippen molar-refractivity contribution in [1.29, 1.82) is 0 Å². The van der Waals surface area contributed by atoms with E-state index in [2.05, 4.69) is 41.6 Å². The van der Waals surface area contributed by atoms with Gasteiger partial charge in [-0.1, -0.05) is 48.0 Å². The van der Waals surface area contributed by atoms with Gasteiger partial charge in [0.15, 0.2) is 5.84 Å². The monoisotopic (exact) mass is 550 g/mol. The zero-order valence-corrected chi connectivity index (χ0v) is 20.6. The number of hydrogen-bond acceptors (Lipinski definition) is 3. The lowest BCUT2D eigenvalue weighted by Crippen LogP contribution is -2.17. The fraction of sp³-hybridized carbons (Fsp3) is 0.136. The minimum Gasteiger partial charge on any atom is -0.507 e. The van der Waals surface area contributed by atoms with Crippen molar-refractivity contribution in [2.45, 2.75) is 25.7 Å². The van der Waals surface area contributed by atoms with Gasteiger partial charge in [0, 0.05) is 25.6 Å². The maximum Gasteiger partial charge on any atom is 0.284 e. The molecule has 0 unspecified atom stereocenters. The first-order valence-corrected chi connectivity index (χ1v) is 12.1. The van der Waals surface area contributed by atoms with Crippen LogP contribution in [0.2, 0.25) is 0 Å². The summed E-state index contributed by atoms with van der Waals surface area (Å²) in [5, 5.41) is 13.4. The van der Waals surface area contributed by atoms with Crippen LogP contribution < -0.4 is 5.32 Å². The lowest BCUT2D eigenvalue weighted by Gasteiger charge is -2.18. The van der Waals surface area contributed by atoms with Gasteiger partial charge >= 0.3 is 0 Å². The Morgan fingerprint density at radius 2 is 1.43 bits per heavy atom. The first-order chi connectivity index (χ1) is 14.1. The van der Waals surface area contributed by atoms with Crippen molar-refractivity contribution < 1.29 is 13.5 Å². The number of aryl methyl sites for hydroxylation is 1. The molecule has 0 saturated heterocycles. The second kappa shape index (κ2) is 8.91. The number of sulfonamides is 1. The molecule has 0 spiro atoms. The fourth-order valence-electron chi connectivity index (χ4n) is 2.82. The Morgan fingerprint density at radius 1 is 0.900 bits per heavy atom. The minimum absolute atomic E-state index is 0.111. The highest BCUT2D eigenvalue weighted by Gasteiger charge is 2.20. The minimum atomic E-state index is -3.95. The number of halogens is 2. The van der Waals surface area contributed by atoms with E-state index in [1.54, 1.807) is 38.1 Å². The molecule has 2 N–H and O–H groups in total. The molecule has 30 heavy (non-hydrogen) atoms. The number of phenolic OH excluding ortho intramolecular Hbond substituents is 1. The van der Waals surface area contributed by atoms with Gasteiger partial charge in [-0.3, -0.25) is 0 Å². The SMILES string of the molecule is Cc1ccc(S(=O)(=O)N=C(Nc2c(Br)c(C)c(O)c(C)c2Br)c2ccccc2)cc1. The Bertz CT molecular complexity index is 1190. The van der Waals surface area contributed by atoms with E-state index in [1.807, 2.05) is 25.1 Å². The van der Waals surface area contributed by atoms with Crippen LogP contribution in [0.3, 0.4) is 0 Å². The van der Waals surface area contributed by atoms with E-state index in [9.17, 15) is 13.5 Å². The molecule has 0 aliphatic carbocycles. The van der Waals surface area contributed by atoms with Gasteiger partial charge in [-0.2, -0.15) is 8.42 Å². The van der Waals surface area contributed by atoms with E-state index in [4.69, 9.17) is 0 Å². The molecule has 0 aromatic heterocycles. The summed E-state index contributed by atoms with van der Waals surface area (Å²) in [5.41, 5.74) is 3.40. The molecule has 0 fully saturated rings. The summed E-state index contributed by atoms with van der Waals surface area (Å²) >= 11 is 6.99. The van der Waals surface area contributed by atoms with Gasteiger partial charge in [0.1, 0.15) is 5.75 Å². The number of anilines is 1. The summed E-state index contributed by atoms with van der Waals surface area (Å²) in [4.78, 5) is 0.111. The van der Waals surface area contributed by atoms with Crippen LogP contribution in [0.15, 0.2) is 72.8 Å². The predicted octanol–water partition coefficient (Wildman–Crippen LogP) is 6.09. The number of hydrogen-bond donors (Lipinski definition) is 2. The highest BCUT2D eigenvalue weighted by atomic mass is 79.9. The summed E-state index contributed by atoms with van der Waals surface area (Å²) < 4.78 is 31.3. The van der Waals surface area contributed by atoms with Crippen LogP contribution in [0.4, 0.5) is 5.69 Å². The Balaban J connectivity index is 2.17. The van der Waals surface area contributed by atoms with E-state index < -0.39 is 10.0 Å². The highest BCUT2D eigenvalue weighted by Crippen LogP contribution is 2.42. The van der Waals surface area contributed by atoms with Gasteiger partial charge in [-0.25, -0.2) is 0 Å². The van der Waals surface area contributed by atoms with Gasteiger partial charge in [-0.05, 0) is 64.8 Å². The second-order valence-corrected chi connectivity index (χ2v) is 10.0. The zero-order chi connectivity index (χ0) is 22.1. The zero-order valence-electron chi connectivity index (χ0n) is 16.6. The number of phenols is 1. The van der Waals surface area contributed by atoms with E-state index >= 15 is 0 Å². The molecule has 8 heteroatoms. The van der Waals surface area contributed by atoms with Gasteiger partial charge in [0.2, 0.25) is 0 Å². The first kappa shape index (κ1) is 22.5. The maximum atomic E-state index is 13.0. The molecule has 0 aliphatic heterocycles. The van der Waals surface area contributed by atoms with Crippen LogP contribution in [0.5, 0.6) is 5.75 Å². The molecule has 0 atom stereocenters. The van der Waals surface area contributed by atoms with E-state index in [-0.39, 0.29) is 16.5 Å². The number of benzene rings is 3. The van der Waals surface area contributed by atoms with Crippen molar-refractivity contribution in [2.75, 3.05) is 5.32 Å². The third-order valence-corrected chi connectivity index (χ3v) is 7.90. The van der Waals surface area contributed by atoms with Crippen LogP contribution in [-0.2, 0) is 10.0 Å². The Kier molecular flexibility index (Phi) is 6.69. The largest absolute Gasteiger partial charge is 0.507 e. The lowest BCUT2D eigenvalue weighted by molar-refractivity contribution is 0.466. The summed E-state index contributed by atoms with van der Waals surface area (Å²) in [6, 6.07) is 15.6. The number of nitrogens with zero attached hydrogens (tertiary/aromatic N) is 1. The predicted molar refractivity (Wildman–Crippen MR) is 128 cm³/mol. The molecular weight excluding hydrogens is 532 g/mol. The molecule has 156 valence electrons. The molecule has 0 aliphatic rings. The van der Waals surface area contributed by atoms with E-state index in [0.717, 1.165) is 5.56 Å². The van der Waals surface area contributed by atoms with Crippen molar-refractivity contribution in [1.82, 2.24) is 0 Å². The van der Waals surface area contributed by atoms with Crippen molar-refractivity contribution in [3.8, 4) is 5.75 Å². The molecule has 0 saturated carbocycles. The third kappa shape index (κ3) is 4.61. The number of aromatic hydroxyl groups is 1. The molecule has 0 amide bonds. The molecule has 3 aromatic carbocycles.